The number of ether oxygens (including phenoxy) is 1. The van der Waals surface area contributed by atoms with Crippen LogP contribution in [0.15, 0.2) is 77.9 Å². The number of anilines is 1. The molecule has 29 heavy (non-hydrogen) atoms. The number of benzene rings is 3. The van der Waals surface area contributed by atoms with E-state index in [1.165, 1.54) is 6.21 Å². The van der Waals surface area contributed by atoms with Crippen LogP contribution in [0.25, 0.3) is 0 Å². The van der Waals surface area contributed by atoms with Crippen molar-refractivity contribution in [2.24, 2.45) is 5.10 Å². The Bertz CT molecular complexity index is 1060. The van der Waals surface area contributed by atoms with Gasteiger partial charge < -0.3 is 10.1 Å². The molecule has 3 aromatic rings. The van der Waals surface area contributed by atoms with Crippen LogP contribution in [0.1, 0.15) is 15.9 Å². The Kier molecular flexibility index (Phi) is 7.19. The van der Waals surface area contributed by atoms with E-state index in [0.29, 0.717) is 32.0 Å². The maximum Gasteiger partial charge on any atom is 0.343 e. The molecule has 0 saturated heterocycles. The van der Waals surface area contributed by atoms with Gasteiger partial charge in [-0.3, -0.25) is 5.43 Å². The Hall–Kier alpha value is -2.93. The lowest BCUT2D eigenvalue weighted by Gasteiger charge is -2.08. The number of nitrogens with zero attached hydrogens (tertiary/aromatic N) is 1. The van der Waals surface area contributed by atoms with Gasteiger partial charge in [0.05, 0.1) is 11.8 Å². The highest BCUT2D eigenvalue weighted by Crippen LogP contribution is 2.19. The number of halogens is 2. The number of hydrazone groups is 1. The Morgan fingerprint density at radius 3 is 2.48 bits per heavy atom. The summed E-state index contributed by atoms with van der Waals surface area (Å²) in [6, 6.07) is 20.6. The second-order valence-corrected chi connectivity index (χ2v) is 7.05. The molecule has 0 heterocycles. The third kappa shape index (κ3) is 6.29. The quantitative estimate of drug-likeness (QED) is 0.178. The zero-order valence-corrected chi connectivity index (χ0v) is 17.3. The predicted molar refractivity (Wildman–Crippen MR) is 121 cm³/mol. The molecule has 0 unspecified atom stereocenters. The second kappa shape index (κ2) is 10.0. The highest BCUT2D eigenvalue weighted by Gasteiger charge is 2.10. The summed E-state index contributed by atoms with van der Waals surface area (Å²) in [5.74, 6) is -0.125. The van der Waals surface area contributed by atoms with Crippen molar-refractivity contribution in [3.05, 3.63) is 94.0 Å². The average Bonchev–Trinajstić information content (AvgIpc) is 2.70. The van der Waals surface area contributed by atoms with E-state index < -0.39 is 5.97 Å². The number of hydrogen-bond donors (Lipinski definition) is 2. The number of carbonyl (C=O) groups is 1. The summed E-state index contributed by atoms with van der Waals surface area (Å²) in [4.78, 5) is 12.3. The van der Waals surface area contributed by atoms with E-state index >= 15 is 0 Å². The molecule has 8 heteroatoms. The minimum absolute atomic E-state index is 0.291. The molecule has 0 spiro atoms. The van der Waals surface area contributed by atoms with Gasteiger partial charge in [0.2, 0.25) is 0 Å². The standard InChI is InChI=1S/C21H15Cl2N3O2S/c22-16-10-8-14(9-11-16)20(27)28-19-7-2-1-4-15(19)13-24-26-21(29)25-18-6-3-5-17(23)12-18/h1-13H,(H2,25,26,29). The molecule has 146 valence electrons. The molecule has 3 rings (SSSR count). The number of thiocarbonyl (C=S) groups is 1. The van der Waals surface area contributed by atoms with E-state index in [0.717, 1.165) is 5.69 Å². The van der Waals surface area contributed by atoms with Crippen molar-refractivity contribution in [2.45, 2.75) is 0 Å². The van der Waals surface area contributed by atoms with Crippen molar-refractivity contribution < 1.29 is 9.53 Å². The molecule has 0 saturated carbocycles. The molecule has 0 atom stereocenters. The molecule has 5 nitrogen and oxygen atoms in total. The zero-order chi connectivity index (χ0) is 20.6. The van der Waals surface area contributed by atoms with Crippen molar-refractivity contribution in [2.75, 3.05) is 5.32 Å². The molecule has 0 radical (unpaired) electrons. The number of esters is 1. The molecular weight excluding hydrogens is 429 g/mol. The summed E-state index contributed by atoms with van der Waals surface area (Å²) in [5, 5.41) is 8.49. The first-order chi connectivity index (χ1) is 14.0. The van der Waals surface area contributed by atoms with Crippen LogP contribution in [0.3, 0.4) is 0 Å². The molecule has 0 amide bonds. The van der Waals surface area contributed by atoms with Crippen molar-refractivity contribution in [1.82, 2.24) is 5.43 Å². The zero-order valence-electron chi connectivity index (χ0n) is 14.9. The summed E-state index contributed by atoms with van der Waals surface area (Å²) < 4.78 is 5.47. The lowest BCUT2D eigenvalue weighted by Crippen LogP contribution is -2.23. The maximum atomic E-state index is 12.3. The van der Waals surface area contributed by atoms with Crippen molar-refractivity contribution in [3.8, 4) is 5.75 Å². The lowest BCUT2D eigenvalue weighted by molar-refractivity contribution is 0.0734. The second-order valence-electron chi connectivity index (χ2n) is 5.77. The fraction of sp³-hybridized carbons (Fsp3) is 0. The summed E-state index contributed by atoms with van der Waals surface area (Å²) in [6.07, 6.45) is 1.51. The van der Waals surface area contributed by atoms with Crippen molar-refractivity contribution in [1.29, 1.82) is 0 Å². The predicted octanol–water partition coefficient (Wildman–Crippen LogP) is 5.53. The van der Waals surface area contributed by atoms with Gasteiger partial charge in [-0.2, -0.15) is 5.10 Å². The van der Waals surface area contributed by atoms with Gasteiger partial charge in [0.15, 0.2) is 5.11 Å². The molecular formula is C21H15Cl2N3O2S. The fourth-order valence-corrected chi connectivity index (χ4v) is 2.80. The molecule has 0 fully saturated rings. The SMILES string of the molecule is O=C(Oc1ccccc1C=NNC(=S)Nc1cccc(Cl)c1)c1ccc(Cl)cc1. The summed E-state index contributed by atoms with van der Waals surface area (Å²) in [5.41, 5.74) is 4.45. The Labute approximate surface area is 183 Å². The number of nitrogens with one attached hydrogen (secondary N) is 2. The van der Waals surface area contributed by atoms with Crippen LogP contribution in [-0.2, 0) is 0 Å². The fourth-order valence-electron chi connectivity index (χ4n) is 2.31. The lowest BCUT2D eigenvalue weighted by atomic mass is 10.2. The molecule has 0 aliphatic rings. The first kappa shape index (κ1) is 20.8. The number of para-hydroxylation sites is 1. The van der Waals surface area contributed by atoms with Crippen LogP contribution in [-0.4, -0.2) is 17.3 Å². The van der Waals surface area contributed by atoms with Gasteiger partial charge in [0, 0.05) is 21.3 Å². The third-order valence-corrected chi connectivity index (χ3v) is 4.33. The van der Waals surface area contributed by atoms with E-state index in [2.05, 4.69) is 15.8 Å². The summed E-state index contributed by atoms with van der Waals surface area (Å²) in [6.45, 7) is 0. The minimum Gasteiger partial charge on any atom is -0.422 e. The molecule has 0 aliphatic carbocycles. The van der Waals surface area contributed by atoms with Crippen LogP contribution in [0.4, 0.5) is 5.69 Å². The highest BCUT2D eigenvalue weighted by atomic mass is 35.5. The third-order valence-electron chi connectivity index (χ3n) is 3.65. The summed E-state index contributed by atoms with van der Waals surface area (Å²) in [7, 11) is 0. The van der Waals surface area contributed by atoms with Gasteiger partial charge in [0.25, 0.3) is 0 Å². The average molecular weight is 444 g/mol. The monoisotopic (exact) mass is 443 g/mol. The van der Waals surface area contributed by atoms with Gasteiger partial charge in [-0.25, -0.2) is 4.79 Å². The molecule has 2 N–H and O–H groups in total. The largest absolute Gasteiger partial charge is 0.422 e. The summed E-state index contributed by atoms with van der Waals surface area (Å²) >= 11 is 17.0. The van der Waals surface area contributed by atoms with Crippen LogP contribution in [0, 0.1) is 0 Å². The van der Waals surface area contributed by atoms with E-state index in [-0.39, 0.29) is 0 Å². The van der Waals surface area contributed by atoms with Crippen LogP contribution in [0.2, 0.25) is 10.0 Å². The molecule has 0 aliphatic heterocycles. The molecule has 0 aromatic heterocycles. The maximum absolute atomic E-state index is 12.3. The highest BCUT2D eigenvalue weighted by molar-refractivity contribution is 7.80. The van der Waals surface area contributed by atoms with Crippen molar-refractivity contribution in [3.63, 3.8) is 0 Å². The van der Waals surface area contributed by atoms with Gasteiger partial charge in [0.1, 0.15) is 5.75 Å². The normalized spacial score (nSPS) is 10.6. The molecule has 0 bridgehead atoms. The van der Waals surface area contributed by atoms with Crippen molar-refractivity contribution >= 4 is 58.4 Å². The van der Waals surface area contributed by atoms with E-state index in [1.54, 1.807) is 54.6 Å². The Balaban J connectivity index is 1.63. The van der Waals surface area contributed by atoms with Gasteiger partial charge in [-0.05, 0) is 66.8 Å². The van der Waals surface area contributed by atoms with Crippen LogP contribution >= 0.6 is 35.4 Å². The van der Waals surface area contributed by atoms with Gasteiger partial charge in [-0.1, -0.05) is 41.4 Å². The van der Waals surface area contributed by atoms with E-state index in [1.807, 2.05) is 18.2 Å². The van der Waals surface area contributed by atoms with Crippen LogP contribution in [0.5, 0.6) is 5.75 Å². The Morgan fingerprint density at radius 1 is 0.966 bits per heavy atom. The smallest absolute Gasteiger partial charge is 0.343 e. The number of hydrogen-bond acceptors (Lipinski definition) is 4. The van der Waals surface area contributed by atoms with E-state index in [4.69, 9.17) is 40.2 Å². The van der Waals surface area contributed by atoms with Gasteiger partial charge >= 0.3 is 5.97 Å². The molecule has 3 aromatic carbocycles. The van der Waals surface area contributed by atoms with E-state index in [9.17, 15) is 4.79 Å². The topological polar surface area (TPSA) is 62.7 Å². The van der Waals surface area contributed by atoms with Gasteiger partial charge in [-0.15, -0.1) is 0 Å². The first-order valence-corrected chi connectivity index (χ1v) is 9.60. The minimum atomic E-state index is -0.492. The Morgan fingerprint density at radius 2 is 1.72 bits per heavy atom. The van der Waals surface area contributed by atoms with Crippen LogP contribution < -0.4 is 15.5 Å². The number of rotatable bonds is 5. The first-order valence-electron chi connectivity index (χ1n) is 8.44. The number of carbonyl (C=O) groups excluding carboxylic acids is 1.